The third-order valence-corrected chi connectivity index (χ3v) is 6.28. The SMILES string of the molecule is Cc1nc2cnc3ccc(-c4ccc5cc[nH]c5n4)cc3c2n1-c1ccc(C(C)(C)C#N)nc1. The van der Waals surface area contributed by atoms with Crippen molar-refractivity contribution in [2.45, 2.75) is 26.2 Å². The second-order valence-corrected chi connectivity index (χ2v) is 8.97. The molecule has 5 aromatic heterocycles. The predicted molar refractivity (Wildman–Crippen MR) is 133 cm³/mol. The van der Waals surface area contributed by atoms with E-state index in [0.29, 0.717) is 0 Å². The number of nitrogens with one attached hydrogen (secondary N) is 1. The summed E-state index contributed by atoms with van der Waals surface area (Å²) in [6.45, 7) is 5.71. The lowest BCUT2D eigenvalue weighted by Crippen LogP contribution is -2.16. The summed E-state index contributed by atoms with van der Waals surface area (Å²) in [5, 5.41) is 11.5. The Balaban J connectivity index is 1.56. The number of aryl methyl sites for hydroxylation is 1. The smallest absolute Gasteiger partial charge is 0.137 e. The third kappa shape index (κ3) is 3.04. The normalized spacial score (nSPS) is 11.9. The lowest BCUT2D eigenvalue weighted by atomic mass is 9.91. The Morgan fingerprint density at radius 3 is 2.62 bits per heavy atom. The molecule has 6 rings (SSSR count). The van der Waals surface area contributed by atoms with Crippen molar-refractivity contribution in [2.75, 3.05) is 0 Å². The van der Waals surface area contributed by atoms with E-state index in [4.69, 9.17) is 9.97 Å². The molecule has 34 heavy (non-hydrogen) atoms. The summed E-state index contributed by atoms with van der Waals surface area (Å²) in [6, 6.07) is 18.5. The van der Waals surface area contributed by atoms with E-state index in [1.54, 1.807) is 6.20 Å². The zero-order valence-corrected chi connectivity index (χ0v) is 19.0. The number of imidazole rings is 1. The average molecular weight is 444 g/mol. The lowest BCUT2D eigenvalue weighted by molar-refractivity contribution is 0.659. The standard InChI is InChI=1S/C27H21N7/c1-16-32-23-14-30-22-8-5-18(21-7-4-17-10-11-29-26(17)33-21)12-20(22)25(23)34(16)19-6-9-24(31-13-19)27(2,3)15-28/h4-14H,1-3H3,(H,29,33). The zero-order valence-electron chi connectivity index (χ0n) is 19.0. The first kappa shape index (κ1) is 20.1. The molecule has 6 aromatic rings. The number of pyridine rings is 3. The molecule has 0 spiro atoms. The van der Waals surface area contributed by atoms with Gasteiger partial charge in [-0.3, -0.25) is 14.5 Å². The van der Waals surface area contributed by atoms with E-state index < -0.39 is 5.41 Å². The number of nitrogens with zero attached hydrogens (tertiary/aromatic N) is 6. The Morgan fingerprint density at radius 1 is 0.941 bits per heavy atom. The molecular formula is C27H21N7. The maximum Gasteiger partial charge on any atom is 0.137 e. The van der Waals surface area contributed by atoms with Crippen molar-refractivity contribution in [2.24, 2.45) is 0 Å². The Hall–Kier alpha value is -4.57. The summed E-state index contributed by atoms with van der Waals surface area (Å²) in [7, 11) is 0. The van der Waals surface area contributed by atoms with Crippen LogP contribution in [0.3, 0.4) is 0 Å². The number of rotatable bonds is 3. The van der Waals surface area contributed by atoms with Crippen molar-refractivity contribution in [3.63, 3.8) is 0 Å². The molecule has 0 amide bonds. The minimum absolute atomic E-state index is 0.649. The molecule has 0 aliphatic rings. The van der Waals surface area contributed by atoms with Crippen molar-refractivity contribution in [1.82, 2.24) is 29.5 Å². The van der Waals surface area contributed by atoms with Crippen LogP contribution >= 0.6 is 0 Å². The van der Waals surface area contributed by atoms with E-state index in [-0.39, 0.29) is 0 Å². The van der Waals surface area contributed by atoms with Gasteiger partial charge in [0.25, 0.3) is 0 Å². The van der Waals surface area contributed by atoms with Crippen LogP contribution in [0.25, 0.3) is 49.9 Å². The number of fused-ring (bicyclic) bond motifs is 4. The van der Waals surface area contributed by atoms with Crippen LogP contribution in [0.2, 0.25) is 0 Å². The van der Waals surface area contributed by atoms with E-state index in [2.05, 4.69) is 37.7 Å². The van der Waals surface area contributed by atoms with Crippen LogP contribution in [0, 0.1) is 18.3 Å². The van der Waals surface area contributed by atoms with E-state index in [9.17, 15) is 5.26 Å². The van der Waals surface area contributed by atoms with Crippen LogP contribution in [0.4, 0.5) is 0 Å². The molecule has 164 valence electrons. The minimum atomic E-state index is -0.649. The zero-order chi connectivity index (χ0) is 23.4. The number of nitriles is 1. The van der Waals surface area contributed by atoms with Crippen LogP contribution in [-0.4, -0.2) is 29.5 Å². The highest BCUT2D eigenvalue weighted by Gasteiger charge is 2.22. The van der Waals surface area contributed by atoms with Gasteiger partial charge in [-0.05, 0) is 63.2 Å². The summed E-state index contributed by atoms with van der Waals surface area (Å²) in [5.74, 6) is 0.842. The van der Waals surface area contributed by atoms with Gasteiger partial charge in [0.05, 0.1) is 52.0 Å². The minimum Gasteiger partial charge on any atom is -0.346 e. The van der Waals surface area contributed by atoms with Crippen LogP contribution in [-0.2, 0) is 5.41 Å². The number of H-pyrrole nitrogens is 1. The van der Waals surface area contributed by atoms with Crippen molar-refractivity contribution in [3.8, 4) is 23.0 Å². The fraction of sp³-hybridized carbons (Fsp3) is 0.148. The average Bonchev–Trinajstić information content (AvgIpc) is 3.47. The first-order valence-electron chi connectivity index (χ1n) is 11.0. The van der Waals surface area contributed by atoms with Crippen LogP contribution < -0.4 is 0 Å². The van der Waals surface area contributed by atoms with Gasteiger partial charge in [0.1, 0.15) is 17.0 Å². The molecule has 0 saturated heterocycles. The molecule has 0 unspecified atom stereocenters. The number of benzene rings is 1. The van der Waals surface area contributed by atoms with Crippen molar-refractivity contribution >= 4 is 33.0 Å². The summed E-state index contributed by atoms with van der Waals surface area (Å²) in [5.41, 5.74) is 6.41. The Labute approximate surface area is 195 Å². The first-order chi connectivity index (χ1) is 16.4. The molecule has 5 heterocycles. The molecule has 0 aliphatic carbocycles. The predicted octanol–water partition coefficient (Wildman–Crippen LogP) is 5.62. The van der Waals surface area contributed by atoms with Crippen molar-refractivity contribution in [1.29, 1.82) is 5.26 Å². The topological polar surface area (TPSA) is 96.1 Å². The molecular weight excluding hydrogens is 422 g/mol. The quantitative estimate of drug-likeness (QED) is 0.383. The molecule has 7 heteroatoms. The van der Waals surface area contributed by atoms with Crippen molar-refractivity contribution in [3.05, 3.63) is 78.6 Å². The van der Waals surface area contributed by atoms with E-state index in [1.165, 1.54) is 0 Å². The van der Waals surface area contributed by atoms with Gasteiger partial charge in [-0.25, -0.2) is 9.97 Å². The number of aromatic amines is 1. The van der Waals surface area contributed by atoms with Gasteiger partial charge < -0.3 is 4.98 Å². The van der Waals surface area contributed by atoms with Gasteiger partial charge in [-0.1, -0.05) is 6.07 Å². The number of hydrogen-bond acceptors (Lipinski definition) is 5. The largest absolute Gasteiger partial charge is 0.346 e. The fourth-order valence-electron chi connectivity index (χ4n) is 4.38. The van der Waals surface area contributed by atoms with E-state index >= 15 is 0 Å². The van der Waals surface area contributed by atoms with Gasteiger partial charge >= 0.3 is 0 Å². The van der Waals surface area contributed by atoms with Gasteiger partial charge in [0.15, 0.2) is 0 Å². The Bertz CT molecular complexity index is 1750. The highest BCUT2D eigenvalue weighted by atomic mass is 15.1. The Kier molecular flexibility index (Phi) is 4.26. The van der Waals surface area contributed by atoms with Gasteiger partial charge in [0, 0.05) is 22.5 Å². The molecule has 0 saturated carbocycles. The molecule has 0 radical (unpaired) electrons. The molecule has 0 atom stereocenters. The van der Waals surface area contributed by atoms with Crippen LogP contribution in [0.1, 0.15) is 25.4 Å². The lowest BCUT2D eigenvalue weighted by Gasteiger charge is -2.15. The maximum absolute atomic E-state index is 9.45. The highest BCUT2D eigenvalue weighted by molar-refractivity contribution is 6.04. The van der Waals surface area contributed by atoms with Crippen LogP contribution in [0.5, 0.6) is 0 Å². The highest BCUT2D eigenvalue weighted by Crippen LogP contribution is 2.31. The second-order valence-electron chi connectivity index (χ2n) is 8.97. The number of aromatic nitrogens is 6. The summed E-state index contributed by atoms with van der Waals surface area (Å²) in [4.78, 5) is 22.0. The monoisotopic (exact) mass is 443 g/mol. The molecule has 0 aliphatic heterocycles. The maximum atomic E-state index is 9.45. The van der Waals surface area contributed by atoms with Gasteiger partial charge in [-0.15, -0.1) is 0 Å². The number of hydrogen-bond donors (Lipinski definition) is 1. The molecule has 0 fully saturated rings. The van der Waals surface area contributed by atoms with Crippen LogP contribution in [0.15, 0.2) is 67.1 Å². The summed E-state index contributed by atoms with van der Waals surface area (Å²) in [6.07, 6.45) is 5.51. The molecule has 0 bridgehead atoms. The molecule has 1 aromatic carbocycles. The van der Waals surface area contributed by atoms with E-state index in [1.807, 2.05) is 69.6 Å². The third-order valence-electron chi connectivity index (χ3n) is 6.28. The van der Waals surface area contributed by atoms with Gasteiger partial charge in [0.2, 0.25) is 0 Å². The van der Waals surface area contributed by atoms with Gasteiger partial charge in [-0.2, -0.15) is 5.26 Å². The van der Waals surface area contributed by atoms with E-state index in [0.717, 1.165) is 61.4 Å². The fourth-order valence-corrected chi connectivity index (χ4v) is 4.38. The Morgan fingerprint density at radius 2 is 1.82 bits per heavy atom. The summed E-state index contributed by atoms with van der Waals surface area (Å²) >= 11 is 0. The second kappa shape index (κ2) is 7.22. The summed E-state index contributed by atoms with van der Waals surface area (Å²) < 4.78 is 2.10. The van der Waals surface area contributed by atoms with Crippen molar-refractivity contribution < 1.29 is 0 Å². The molecule has 1 N–H and O–H groups in total. The molecule has 7 nitrogen and oxygen atoms in total. The first-order valence-corrected chi connectivity index (χ1v) is 11.0.